The van der Waals surface area contributed by atoms with Crippen LogP contribution in [0.3, 0.4) is 0 Å². The van der Waals surface area contributed by atoms with Gasteiger partial charge >= 0.3 is 6.09 Å². The van der Waals surface area contributed by atoms with E-state index in [2.05, 4.69) is 49.4 Å². The third-order valence-electron chi connectivity index (χ3n) is 6.91. The molecule has 4 rings (SSSR count). The summed E-state index contributed by atoms with van der Waals surface area (Å²) in [4.78, 5) is 12.6. The highest BCUT2D eigenvalue weighted by Crippen LogP contribution is 2.35. The standard InChI is InChI=1S/C26H33NO3/c1-19-17-24(11-12-25(19)23-5-3-2-4-6-23)30-18-20-7-9-21(10-8-20)22-13-15-27(16-14-22)26(28)29/h7-12,17,22-23H,2-6,13-16,18H2,1H3,(H,28,29). The number of likely N-dealkylation sites (tertiary alicyclic amines) is 1. The van der Waals surface area contributed by atoms with Crippen LogP contribution in [-0.2, 0) is 6.61 Å². The molecule has 0 radical (unpaired) electrons. The number of piperidine rings is 1. The van der Waals surface area contributed by atoms with Crippen LogP contribution in [0.4, 0.5) is 4.79 Å². The van der Waals surface area contributed by atoms with Gasteiger partial charge in [0.05, 0.1) is 0 Å². The molecule has 2 aromatic carbocycles. The molecule has 160 valence electrons. The Morgan fingerprint density at radius 2 is 1.67 bits per heavy atom. The number of benzene rings is 2. The maximum Gasteiger partial charge on any atom is 0.407 e. The third kappa shape index (κ3) is 4.97. The fraction of sp³-hybridized carbons (Fsp3) is 0.500. The summed E-state index contributed by atoms with van der Waals surface area (Å²) in [6, 6.07) is 15.2. The molecule has 0 bridgehead atoms. The Kier molecular flexibility index (Phi) is 6.61. The number of carbonyl (C=O) groups is 1. The number of carboxylic acid groups (broad SMARTS) is 1. The monoisotopic (exact) mass is 407 g/mol. The third-order valence-corrected chi connectivity index (χ3v) is 6.91. The van der Waals surface area contributed by atoms with Crippen LogP contribution in [0.5, 0.6) is 5.75 Å². The van der Waals surface area contributed by atoms with E-state index in [1.807, 2.05) is 0 Å². The summed E-state index contributed by atoms with van der Waals surface area (Å²) in [6.07, 6.45) is 7.74. The lowest BCUT2D eigenvalue weighted by molar-refractivity contribution is 0.132. The Balaban J connectivity index is 1.31. The largest absolute Gasteiger partial charge is 0.489 e. The molecule has 0 atom stereocenters. The molecule has 0 spiro atoms. The molecular formula is C26H33NO3. The SMILES string of the molecule is Cc1cc(OCc2ccc(C3CCN(C(=O)O)CC3)cc2)ccc1C1CCCCC1. The van der Waals surface area contributed by atoms with Crippen molar-refractivity contribution in [1.29, 1.82) is 0 Å². The molecule has 2 aliphatic rings. The predicted molar refractivity (Wildman–Crippen MR) is 119 cm³/mol. The molecule has 2 fully saturated rings. The average molecular weight is 408 g/mol. The molecule has 1 aliphatic heterocycles. The molecule has 30 heavy (non-hydrogen) atoms. The van der Waals surface area contributed by atoms with Crippen LogP contribution in [0.1, 0.15) is 79.0 Å². The molecular weight excluding hydrogens is 374 g/mol. The van der Waals surface area contributed by atoms with Crippen LogP contribution < -0.4 is 4.74 Å². The summed E-state index contributed by atoms with van der Waals surface area (Å²) in [5.74, 6) is 2.12. The van der Waals surface area contributed by atoms with Crippen molar-refractivity contribution in [1.82, 2.24) is 4.90 Å². The average Bonchev–Trinajstić information content (AvgIpc) is 2.79. The first-order valence-electron chi connectivity index (χ1n) is 11.4. The van der Waals surface area contributed by atoms with Gasteiger partial charge in [0.1, 0.15) is 12.4 Å². The maximum atomic E-state index is 11.1. The van der Waals surface area contributed by atoms with E-state index in [4.69, 9.17) is 9.84 Å². The number of aryl methyl sites for hydroxylation is 1. The number of hydrogen-bond donors (Lipinski definition) is 1. The van der Waals surface area contributed by atoms with Crippen LogP contribution in [0.2, 0.25) is 0 Å². The molecule has 1 aliphatic carbocycles. The summed E-state index contributed by atoms with van der Waals surface area (Å²) in [5, 5.41) is 9.10. The van der Waals surface area contributed by atoms with Gasteiger partial charge in [-0.25, -0.2) is 4.79 Å². The minimum absolute atomic E-state index is 0.450. The highest BCUT2D eigenvalue weighted by atomic mass is 16.5. The Bertz CT molecular complexity index is 847. The zero-order chi connectivity index (χ0) is 20.9. The van der Waals surface area contributed by atoms with Gasteiger partial charge in [-0.15, -0.1) is 0 Å². The topological polar surface area (TPSA) is 49.8 Å². The number of ether oxygens (including phenoxy) is 1. The normalized spacial score (nSPS) is 18.4. The van der Waals surface area contributed by atoms with E-state index in [1.165, 1.54) is 53.7 Å². The van der Waals surface area contributed by atoms with Crippen molar-refractivity contribution >= 4 is 6.09 Å². The Hall–Kier alpha value is -2.49. The maximum absolute atomic E-state index is 11.1. The van der Waals surface area contributed by atoms with Gasteiger partial charge in [0.2, 0.25) is 0 Å². The van der Waals surface area contributed by atoms with Gasteiger partial charge in [0.25, 0.3) is 0 Å². The van der Waals surface area contributed by atoms with Crippen LogP contribution in [0, 0.1) is 6.92 Å². The fourth-order valence-corrected chi connectivity index (χ4v) is 5.07. The molecule has 1 saturated carbocycles. The predicted octanol–water partition coefficient (Wildman–Crippen LogP) is 6.48. The van der Waals surface area contributed by atoms with Crippen molar-refractivity contribution in [2.75, 3.05) is 13.1 Å². The van der Waals surface area contributed by atoms with Crippen molar-refractivity contribution in [2.24, 2.45) is 0 Å². The van der Waals surface area contributed by atoms with E-state index in [0.29, 0.717) is 25.6 Å². The van der Waals surface area contributed by atoms with E-state index >= 15 is 0 Å². The number of hydrogen-bond acceptors (Lipinski definition) is 2. The van der Waals surface area contributed by atoms with Crippen LogP contribution in [0.25, 0.3) is 0 Å². The number of nitrogens with zero attached hydrogens (tertiary/aromatic N) is 1. The van der Waals surface area contributed by atoms with Gasteiger partial charge < -0.3 is 14.7 Å². The molecule has 4 nitrogen and oxygen atoms in total. The van der Waals surface area contributed by atoms with E-state index in [1.54, 1.807) is 0 Å². The van der Waals surface area contributed by atoms with Crippen molar-refractivity contribution in [3.63, 3.8) is 0 Å². The van der Waals surface area contributed by atoms with Crippen molar-refractivity contribution < 1.29 is 14.6 Å². The smallest absolute Gasteiger partial charge is 0.407 e. The minimum Gasteiger partial charge on any atom is -0.489 e. The number of amides is 1. The van der Waals surface area contributed by atoms with Crippen LogP contribution in [-0.4, -0.2) is 29.2 Å². The van der Waals surface area contributed by atoms with Gasteiger partial charge in [-0.2, -0.15) is 0 Å². The molecule has 1 N–H and O–H groups in total. The first-order valence-corrected chi connectivity index (χ1v) is 11.4. The molecule has 0 unspecified atom stereocenters. The zero-order valence-corrected chi connectivity index (χ0v) is 18.0. The first-order chi connectivity index (χ1) is 14.6. The summed E-state index contributed by atoms with van der Waals surface area (Å²) < 4.78 is 6.07. The lowest BCUT2D eigenvalue weighted by Gasteiger charge is -2.30. The molecule has 1 heterocycles. The second kappa shape index (κ2) is 9.55. The Morgan fingerprint density at radius 3 is 2.30 bits per heavy atom. The van der Waals surface area contributed by atoms with Crippen molar-refractivity contribution in [3.8, 4) is 5.75 Å². The summed E-state index contributed by atoms with van der Waals surface area (Å²) in [5.41, 5.74) is 5.31. The molecule has 1 saturated heterocycles. The van der Waals surface area contributed by atoms with Crippen LogP contribution >= 0.6 is 0 Å². The zero-order valence-electron chi connectivity index (χ0n) is 18.0. The Labute approximate surface area is 179 Å². The van der Waals surface area contributed by atoms with Gasteiger partial charge in [-0.05, 0) is 78.8 Å². The minimum atomic E-state index is -0.803. The molecule has 0 aromatic heterocycles. The van der Waals surface area contributed by atoms with Gasteiger partial charge in [-0.1, -0.05) is 49.6 Å². The number of rotatable bonds is 5. The van der Waals surface area contributed by atoms with E-state index < -0.39 is 6.09 Å². The second-order valence-corrected chi connectivity index (χ2v) is 8.93. The second-order valence-electron chi connectivity index (χ2n) is 8.93. The van der Waals surface area contributed by atoms with E-state index in [0.717, 1.165) is 30.1 Å². The van der Waals surface area contributed by atoms with E-state index in [9.17, 15) is 4.79 Å². The molecule has 1 amide bonds. The summed E-state index contributed by atoms with van der Waals surface area (Å²) in [7, 11) is 0. The lowest BCUT2D eigenvalue weighted by Crippen LogP contribution is -2.36. The summed E-state index contributed by atoms with van der Waals surface area (Å²) in [6.45, 7) is 4.03. The highest BCUT2D eigenvalue weighted by Gasteiger charge is 2.23. The Morgan fingerprint density at radius 1 is 0.967 bits per heavy atom. The van der Waals surface area contributed by atoms with Gasteiger partial charge in [0.15, 0.2) is 0 Å². The van der Waals surface area contributed by atoms with Gasteiger partial charge in [-0.3, -0.25) is 0 Å². The first kappa shape index (κ1) is 20.8. The molecule has 2 aromatic rings. The fourth-order valence-electron chi connectivity index (χ4n) is 5.07. The molecule has 4 heteroatoms. The lowest BCUT2D eigenvalue weighted by atomic mass is 9.82. The van der Waals surface area contributed by atoms with Crippen molar-refractivity contribution in [2.45, 2.75) is 70.3 Å². The highest BCUT2D eigenvalue weighted by molar-refractivity contribution is 5.65. The van der Waals surface area contributed by atoms with Gasteiger partial charge in [0, 0.05) is 13.1 Å². The summed E-state index contributed by atoms with van der Waals surface area (Å²) >= 11 is 0. The van der Waals surface area contributed by atoms with E-state index in [-0.39, 0.29) is 0 Å². The quantitative estimate of drug-likeness (QED) is 0.617. The van der Waals surface area contributed by atoms with Crippen LogP contribution in [0.15, 0.2) is 42.5 Å². The van der Waals surface area contributed by atoms with Crippen molar-refractivity contribution in [3.05, 3.63) is 64.7 Å².